The molecule has 0 aromatic heterocycles. The summed E-state index contributed by atoms with van der Waals surface area (Å²) in [5.41, 5.74) is 7.42. The molecule has 1 saturated heterocycles. The molecule has 96 valence electrons. The monoisotopic (exact) mass is 268 g/mol. The molecule has 18 heavy (non-hydrogen) atoms. The lowest BCUT2D eigenvalue weighted by Gasteiger charge is -2.20. The number of carboxylic acids is 1. The molecule has 1 unspecified atom stereocenters. The van der Waals surface area contributed by atoms with Crippen LogP contribution in [-0.2, 0) is 4.79 Å². The van der Waals surface area contributed by atoms with E-state index in [1.807, 2.05) is 0 Å². The van der Waals surface area contributed by atoms with Gasteiger partial charge in [-0.1, -0.05) is 0 Å². The Kier molecular flexibility index (Phi) is 3.17. The molecule has 0 spiro atoms. The number of carboxylic acid groups (broad SMARTS) is 1. The zero-order chi connectivity index (χ0) is 13.4. The van der Waals surface area contributed by atoms with Crippen LogP contribution in [-0.4, -0.2) is 28.9 Å². The smallest absolute Gasteiger partial charge is 0.335 e. The molecule has 1 aliphatic rings. The minimum absolute atomic E-state index is 0.0684. The number of hydrogen-bond donors (Lipinski definition) is 2. The molecule has 1 heterocycles. The number of amides is 1. The molecule has 1 fully saturated rings. The fourth-order valence-corrected chi connectivity index (χ4v) is 2.29. The maximum Gasteiger partial charge on any atom is 0.335 e. The van der Waals surface area contributed by atoms with Crippen LogP contribution in [0.3, 0.4) is 0 Å². The van der Waals surface area contributed by atoms with Crippen molar-refractivity contribution in [1.82, 2.24) is 0 Å². The molecule has 1 atom stereocenters. The quantitative estimate of drug-likeness (QED) is 0.631. The van der Waals surface area contributed by atoms with Gasteiger partial charge in [-0.3, -0.25) is 4.79 Å². The third-order valence-electron chi connectivity index (χ3n) is 3.04. The number of carbonyl (C=O) groups excluding carboxylic acids is 1. The van der Waals surface area contributed by atoms with Gasteiger partial charge in [0, 0.05) is 24.3 Å². The Hall–Kier alpha value is -1.75. The van der Waals surface area contributed by atoms with Crippen molar-refractivity contribution in [2.75, 3.05) is 17.2 Å². The summed E-state index contributed by atoms with van der Waals surface area (Å²) in [6, 6.07) is 2.85. The van der Waals surface area contributed by atoms with Crippen LogP contribution >= 0.6 is 11.6 Å². The lowest BCUT2D eigenvalue weighted by atomic mass is 10.1. The Morgan fingerprint density at radius 2 is 2.22 bits per heavy atom. The van der Waals surface area contributed by atoms with E-state index in [-0.39, 0.29) is 23.3 Å². The minimum Gasteiger partial charge on any atom is -0.478 e. The Labute approximate surface area is 109 Å². The molecular weight excluding hydrogens is 256 g/mol. The average Bonchev–Trinajstić information content (AvgIpc) is 2.61. The van der Waals surface area contributed by atoms with Crippen LogP contribution in [0.15, 0.2) is 12.1 Å². The first-order chi connectivity index (χ1) is 8.40. The predicted molar refractivity (Wildman–Crippen MR) is 69.2 cm³/mol. The minimum atomic E-state index is -1.07. The van der Waals surface area contributed by atoms with Gasteiger partial charge < -0.3 is 15.7 Å². The maximum atomic E-state index is 11.8. The van der Waals surface area contributed by atoms with Crippen molar-refractivity contribution in [1.29, 1.82) is 0 Å². The van der Waals surface area contributed by atoms with Gasteiger partial charge in [0.05, 0.1) is 10.9 Å². The third-order valence-corrected chi connectivity index (χ3v) is 3.33. The summed E-state index contributed by atoms with van der Waals surface area (Å²) >= 11 is 5.94. The second-order valence-corrected chi connectivity index (χ2v) is 4.94. The lowest BCUT2D eigenvalue weighted by Crippen LogP contribution is -2.26. The first-order valence-corrected chi connectivity index (χ1v) is 5.91. The molecule has 0 radical (unpaired) electrons. The van der Waals surface area contributed by atoms with Gasteiger partial charge in [0.2, 0.25) is 5.91 Å². The molecule has 0 aliphatic carbocycles. The van der Waals surface area contributed by atoms with Gasteiger partial charge in [0.25, 0.3) is 0 Å². The molecule has 1 aliphatic heterocycles. The first kappa shape index (κ1) is 12.7. The Bertz CT molecular complexity index is 530. The summed E-state index contributed by atoms with van der Waals surface area (Å²) < 4.78 is 0. The number of anilines is 2. The summed E-state index contributed by atoms with van der Waals surface area (Å²) in [5, 5.41) is 8.76. The predicted octanol–water partition coefficient (Wildman–Crippen LogP) is 1.62. The van der Waals surface area contributed by atoms with Gasteiger partial charge in [-0.05, 0) is 24.6 Å². The van der Waals surface area contributed by atoms with Gasteiger partial charge in [-0.2, -0.15) is 0 Å². The number of nitrogens with two attached hydrogens (primary N) is 1. The lowest BCUT2D eigenvalue weighted by molar-refractivity contribution is -0.117. The molecule has 3 N–H and O–H groups in total. The van der Waals surface area contributed by atoms with E-state index in [1.165, 1.54) is 17.0 Å². The maximum absolute atomic E-state index is 11.8. The highest BCUT2D eigenvalue weighted by Gasteiger charge is 2.30. The number of nitrogens with zero attached hydrogens (tertiary/aromatic N) is 1. The van der Waals surface area contributed by atoms with Crippen LogP contribution in [0.25, 0.3) is 0 Å². The number of alkyl halides is 1. The van der Waals surface area contributed by atoms with Gasteiger partial charge in [0.1, 0.15) is 0 Å². The van der Waals surface area contributed by atoms with E-state index in [0.29, 0.717) is 23.5 Å². The molecule has 0 bridgehead atoms. The zero-order valence-electron chi connectivity index (χ0n) is 9.81. The first-order valence-electron chi connectivity index (χ1n) is 5.48. The van der Waals surface area contributed by atoms with Crippen LogP contribution in [0.1, 0.15) is 22.3 Å². The van der Waals surface area contributed by atoms with E-state index in [2.05, 4.69) is 0 Å². The van der Waals surface area contributed by atoms with Gasteiger partial charge in [-0.15, -0.1) is 11.6 Å². The Balaban J connectivity index is 2.50. The van der Waals surface area contributed by atoms with Gasteiger partial charge in [0.15, 0.2) is 0 Å². The average molecular weight is 269 g/mol. The van der Waals surface area contributed by atoms with E-state index >= 15 is 0 Å². The van der Waals surface area contributed by atoms with Crippen molar-refractivity contribution < 1.29 is 14.7 Å². The second-order valence-electron chi connectivity index (χ2n) is 4.32. The van der Waals surface area contributed by atoms with Crippen LogP contribution in [0.5, 0.6) is 0 Å². The van der Waals surface area contributed by atoms with Gasteiger partial charge >= 0.3 is 5.97 Å². The largest absolute Gasteiger partial charge is 0.478 e. The summed E-state index contributed by atoms with van der Waals surface area (Å²) in [6.07, 6.45) is 0.262. The Morgan fingerprint density at radius 3 is 2.72 bits per heavy atom. The highest BCUT2D eigenvalue weighted by molar-refractivity contribution is 6.24. The number of benzene rings is 1. The topological polar surface area (TPSA) is 83.6 Å². The van der Waals surface area contributed by atoms with E-state index in [9.17, 15) is 9.59 Å². The molecule has 1 aromatic rings. The van der Waals surface area contributed by atoms with Crippen LogP contribution in [0.4, 0.5) is 11.4 Å². The van der Waals surface area contributed by atoms with Crippen LogP contribution in [0, 0.1) is 6.92 Å². The molecular formula is C12H13ClN2O3. The molecule has 6 heteroatoms. The van der Waals surface area contributed by atoms with Crippen molar-refractivity contribution in [2.45, 2.75) is 18.7 Å². The van der Waals surface area contributed by atoms with E-state index < -0.39 is 5.97 Å². The number of rotatable bonds is 2. The van der Waals surface area contributed by atoms with Crippen LogP contribution < -0.4 is 10.6 Å². The standard InChI is InChI=1S/C12H13ClN2O3/c1-6-9(14)2-7(12(17)18)3-10(6)15-5-8(13)4-11(15)16/h2-3,8H,4-5,14H2,1H3,(H,17,18). The fraction of sp³-hybridized carbons (Fsp3) is 0.333. The van der Waals surface area contributed by atoms with Crippen molar-refractivity contribution in [3.8, 4) is 0 Å². The highest BCUT2D eigenvalue weighted by Crippen LogP contribution is 2.31. The van der Waals surface area contributed by atoms with Crippen molar-refractivity contribution in [2.24, 2.45) is 0 Å². The van der Waals surface area contributed by atoms with E-state index in [0.717, 1.165) is 0 Å². The zero-order valence-corrected chi connectivity index (χ0v) is 10.6. The fourth-order valence-electron chi connectivity index (χ4n) is 2.02. The Morgan fingerprint density at radius 1 is 1.56 bits per heavy atom. The van der Waals surface area contributed by atoms with E-state index in [4.69, 9.17) is 22.4 Å². The number of hydrogen-bond acceptors (Lipinski definition) is 3. The summed E-state index contributed by atoms with van der Waals surface area (Å²) in [5.74, 6) is -1.18. The van der Waals surface area contributed by atoms with Gasteiger partial charge in [-0.25, -0.2) is 4.79 Å². The summed E-state index contributed by atoms with van der Waals surface area (Å²) in [7, 11) is 0. The normalized spacial score (nSPS) is 19.3. The summed E-state index contributed by atoms with van der Waals surface area (Å²) in [6.45, 7) is 2.13. The van der Waals surface area contributed by atoms with E-state index in [1.54, 1.807) is 6.92 Å². The number of aromatic carboxylic acids is 1. The molecule has 1 amide bonds. The third kappa shape index (κ3) is 2.13. The molecule has 2 rings (SSSR count). The number of halogens is 1. The molecule has 5 nitrogen and oxygen atoms in total. The van der Waals surface area contributed by atoms with Crippen molar-refractivity contribution >= 4 is 34.9 Å². The SMILES string of the molecule is Cc1c(N)cc(C(=O)O)cc1N1CC(Cl)CC1=O. The molecule has 0 saturated carbocycles. The molecule has 1 aromatic carbocycles. The van der Waals surface area contributed by atoms with Crippen LogP contribution in [0.2, 0.25) is 0 Å². The second kappa shape index (κ2) is 4.49. The van der Waals surface area contributed by atoms with Crippen molar-refractivity contribution in [3.63, 3.8) is 0 Å². The summed E-state index contributed by atoms with van der Waals surface area (Å²) in [4.78, 5) is 24.3. The highest BCUT2D eigenvalue weighted by atomic mass is 35.5. The number of carbonyl (C=O) groups is 2. The number of nitrogen functional groups attached to an aromatic ring is 1. The van der Waals surface area contributed by atoms with Crippen molar-refractivity contribution in [3.05, 3.63) is 23.3 Å².